The molecule has 1 fully saturated rings. The van der Waals surface area contributed by atoms with Crippen molar-refractivity contribution in [3.8, 4) is 0 Å². The number of fused-ring (bicyclic) bond motifs is 2. The molecule has 8 heteroatoms. The summed E-state index contributed by atoms with van der Waals surface area (Å²) in [4.78, 5) is 38.8. The Kier molecular flexibility index (Phi) is 4.91. The van der Waals surface area contributed by atoms with E-state index in [2.05, 4.69) is 11.1 Å². The maximum Gasteiger partial charge on any atom is 0.262 e. The summed E-state index contributed by atoms with van der Waals surface area (Å²) in [7, 11) is 0. The summed E-state index contributed by atoms with van der Waals surface area (Å²) in [6.07, 6.45) is 3.48. The van der Waals surface area contributed by atoms with Crippen molar-refractivity contribution in [2.45, 2.75) is 39.2 Å². The zero-order valence-corrected chi connectivity index (χ0v) is 18.6. The minimum Gasteiger partial charge on any atom is -0.340 e. The van der Waals surface area contributed by atoms with Crippen LogP contribution in [-0.4, -0.2) is 38.4 Å². The van der Waals surface area contributed by atoms with Crippen molar-refractivity contribution in [1.82, 2.24) is 19.4 Å². The Balaban J connectivity index is 1.36. The van der Waals surface area contributed by atoms with E-state index in [1.54, 1.807) is 11.3 Å². The number of aromatic nitrogens is 3. The van der Waals surface area contributed by atoms with Gasteiger partial charge >= 0.3 is 0 Å². The van der Waals surface area contributed by atoms with Gasteiger partial charge in [-0.1, -0.05) is 12.1 Å². The molecule has 1 atom stereocenters. The molecule has 1 aromatic carbocycles. The Morgan fingerprint density at radius 3 is 2.90 bits per heavy atom. The van der Waals surface area contributed by atoms with E-state index >= 15 is 0 Å². The van der Waals surface area contributed by atoms with E-state index in [1.165, 1.54) is 26.9 Å². The number of aryl methyl sites for hydroxylation is 2. The van der Waals surface area contributed by atoms with E-state index in [0.717, 1.165) is 45.2 Å². The van der Waals surface area contributed by atoms with E-state index in [4.69, 9.17) is 4.98 Å². The Labute approximate surface area is 181 Å². The number of hydrogen-bond donors (Lipinski definition) is 0. The number of para-hydroxylation sites is 1. The Morgan fingerprint density at radius 2 is 2.07 bits per heavy atom. The van der Waals surface area contributed by atoms with Crippen molar-refractivity contribution >= 4 is 49.0 Å². The van der Waals surface area contributed by atoms with Crippen LogP contribution in [0.1, 0.15) is 34.2 Å². The average molecular weight is 439 g/mol. The van der Waals surface area contributed by atoms with Crippen LogP contribution in [0.4, 0.5) is 0 Å². The normalized spacial score (nSPS) is 17.1. The molecule has 0 spiro atoms. The number of hydrogen-bond acceptors (Lipinski definition) is 6. The minimum atomic E-state index is -0.130. The fourth-order valence-electron chi connectivity index (χ4n) is 4.10. The van der Waals surface area contributed by atoms with Crippen molar-refractivity contribution in [2.24, 2.45) is 0 Å². The van der Waals surface area contributed by atoms with Crippen molar-refractivity contribution in [3.63, 3.8) is 0 Å². The molecule has 1 unspecified atom stereocenters. The molecule has 30 heavy (non-hydrogen) atoms. The van der Waals surface area contributed by atoms with E-state index < -0.39 is 0 Å². The van der Waals surface area contributed by atoms with Crippen LogP contribution in [-0.2, 0) is 11.3 Å². The molecule has 1 aliphatic rings. The predicted molar refractivity (Wildman–Crippen MR) is 122 cm³/mol. The van der Waals surface area contributed by atoms with Gasteiger partial charge in [-0.3, -0.25) is 14.2 Å². The predicted octanol–water partition coefficient (Wildman–Crippen LogP) is 4.09. The number of benzene rings is 1. The first-order valence-corrected chi connectivity index (χ1v) is 11.7. The second kappa shape index (κ2) is 7.59. The zero-order chi connectivity index (χ0) is 20.8. The van der Waals surface area contributed by atoms with Crippen molar-refractivity contribution < 1.29 is 4.79 Å². The Hall–Kier alpha value is -2.58. The van der Waals surface area contributed by atoms with E-state index in [-0.39, 0.29) is 23.9 Å². The first-order valence-electron chi connectivity index (χ1n) is 10.1. The molecular formula is C22H22N4O2S2. The van der Waals surface area contributed by atoms with Gasteiger partial charge in [-0.15, -0.1) is 22.7 Å². The van der Waals surface area contributed by atoms with Crippen LogP contribution in [0.15, 0.2) is 35.4 Å². The molecule has 0 radical (unpaired) electrons. The molecular weight excluding hydrogens is 416 g/mol. The number of carbonyl (C=O) groups is 1. The van der Waals surface area contributed by atoms with Crippen molar-refractivity contribution in [2.75, 3.05) is 13.1 Å². The van der Waals surface area contributed by atoms with Gasteiger partial charge in [0.1, 0.15) is 11.4 Å². The number of carbonyl (C=O) groups excluding carboxylic acids is 1. The standard InChI is InChI=1S/C22H22N4O2S2/c1-13-14(2)29-21-19(13)22(28)26(12-23-21)11-18(27)25-9-5-6-15(10-25)20-24-16-7-3-4-8-17(16)30-20/h3-4,7-8,12,15H,5-6,9-11H2,1-2H3. The van der Waals surface area contributed by atoms with Crippen LogP contribution in [0, 0.1) is 13.8 Å². The molecule has 0 saturated carbocycles. The third kappa shape index (κ3) is 3.33. The summed E-state index contributed by atoms with van der Waals surface area (Å²) in [5.41, 5.74) is 1.85. The molecule has 154 valence electrons. The number of thiophene rings is 1. The summed E-state index contributed by atoms with van der Waals surface area (Å²) in [6, 6.07) is 8.15. The number of piperidine rings is 1. The van der Waals surface area contributed by atoms with Crippen LogP contribution < -0.4 is 5.56 Å². The number of nitrogens with zero attached hydrogens (tertiary/aromatic N) is 4. The van der Waals surface area contributed by atoms with Crippen LogP contribution >= 0.6 is 22.7 Å². The van der Waals surface area contributed by atoms with Gasteiger partial charge in [0.05, 0.1) is 26.9 Å². The highest BCUT2D eigenvalue weighted by Crippen LogP contribution is 2.33. The molecule has 0 bridgehead atoms. The van der Waals surface area contributed by atoms with Gasteiger partial charge in [-0.25, -0.2) is 9.97 Å². The molecule has 6 nitrogen and oxygen atoms in total. The Morgan fingerprint density at radius 1 is 1.23 bits per heavy atom. The Bertz CT molecular complexity index is 1290. The minimum absolute atomic E-state index is 0.0304. The van der Waals surface area contributed by atoms with Gasteiger partial charge in [0.2, 0.25) is 5.91 Å². The van der Waals surface area contributed by atoms with Gasteiger partial charge in [0, 0.05) is 23.9 Å². The lowest BCUT2D eigenvalue weighted by atomic mass is 9.98. The lowest BCUT2D eigenvalue weighted by molar-refractivity contribution is -0.133. The number of amides is 1. The zero-order valence-electron chi connectivity index (χ0n) is 16.9. The van der Waals surface area contributed by atoms with Crippen LogP contribution in [0.3, 0.4) is 0 Å². The number of thiazole rings is 1. The average Bonchev–Trinajstić information content (AvgIpc) is 3.31. The van der Waals surface area contributed by atoms with E-state index in [0.29, 0.717) is 11.9 Å². The molecule has 1 amide bonds. The summed E-state index contributed by atoms with van der Waals surface area (Å²) in [5, 5.41) is 1.73. The lowest BCUT2D eigenvalue weighted by Crippen LogP contribution is -2.42. The van der Waals surface area contributed by atoms with Crippen molar-refractivity contribution in [1.29, 1.82) is 0 Å². The van der Waals surface area contributed by atoms with Gasteiger partial charge in [0.15, 0.2) is 0 Å². The summed E-state index contributed by atoms with van der Waals surface area (Å²) in [6.45, 7) is 5.34. The second-order valence-electron chi connectivity index (χ2n) is 7.84. The summed E-state index contributed by atoms with van der Waals surface area (Å²) in [5.74, 6) is 0.216. The maximum absolute atomic E-state index is 13.0. The molecule has 0 aliphatic carbocycles. The fourth-order valence-corrected chi connectivity index (χ4v) is 6.18. The van der Waals surface area contributed by atoms with E-state index in [1.807, 2.05) is 36.9 Å². The first-order chi connectivity index (χ1) is 14.5. The van der Waals surface area contributed by atoms with Crippen LogP contribution in [0.2, 0.25) is 0 Å². The monoisotopic (exact) mass is 438 g/mol. The number of likely N-dealkylation sites (tertiary alicyclic amines) is 1. The highest BCUT2D eigenvalue weighted by atomic mass is 32.1. The van der Waals surface area contributed by atoms with Crippen molar-refractivity contribution in [3.05, 3.63) is 56.4 Å². The highest BCUT2D eigenvalue weighted by molar-refractivity contribution is 7.19. The molecule has 4 aromatic rings. The fraction of sp³-hybridized carbons (Fsp3) is 0.364. The molecule has 0 N–H and O–H groups in total. The third-order valence-electron chi connectivity index (χ3n) is 5.90. The molecule has 3 aromatic heterocycles. The third-order valence-corrected chi connectivity index (χ3v) is 8.21. The summed E-state index contributed by atoms with van der Waals surface area (Å²) >= 11 is 3.24. The second-order valence-corrected chi connectivity index (χ2v) is 10.1. The molecule has 4 heterocycles. The lowest BCUT2D eigenvalue weighted by Gasteiger charge is -2.32. The summed E-state index contributed by atoms with van der Waals surface area (Å²) < 4.78 is 2.63. The van der Waals surface area contributed by atoms with E-state index in [9.17, 15) is 9.59 Å². The topological polar surface area (TPSA) is 68.1 Å². The molecule has 5 rings (SSSR count). The van der Waals surface area contributed by atoms with Gasteiger partial charge in [-0.05, 0) is 44.4 Å². The molecule has 1 saturated heterocycles. The first kappa shape index (κ1) is 19.4. The smallest absolute Gasteiger partial charge is 0.262 e. The maximum atomic E-state index is 13.0. The van der Waals surface area contributed by atoms with Gasteiger partial charge < -0.3 is 4.90 Å². The quantitative estimate of drug-likeness (QED) is 0.483. The largest absolute Gasteiger partial charge is 0.340 e. The van der Waals surface area contributed by atoms with Gasteiger partial charge in [0.25, 0.3) is 5.56 Å². The SMILES string of the molecule is Cc1sc2ncn(CC(=O)N3CCCC(c4nc5ccccc5s4)C3)c(=O)c2c1C. The highest BCUT2D eigenvalue weighted by Gasteiger charge is 2.27. The van der Waals surface area contributed by atoms with Gasteiger partial charge in [-0.2, -0.15) is 0 Å². The molecule has 1 aliphatic heterocycles. The number of rotatable bonds is 3. The van der Waals surface area contributed by atoms with Crippen LogP contribution in [0.25, 0.3) is 20.4 Å². The van der Waals surface area contributed by atoms with Crippen LogP contribution in [0.5, 0.6) is 0 Å².